The van der Waals surface area contributed by atoms with Crippen molar-refractivity contribution in [3.8, 4) is 11.8 Å². The lowest BCUT2D eigenvalue weighted by Crippen LogP contribution is -2.41. The van der Waals surface area contributed by atoms with Gasteiger partial charge in [0.05, 0.1) is 12.7 Å². The Hall–Kier alpha value is -2.61. The molecule has 0 spiro atoms. The molecule has 1 fully saturated rings. The molecular weight excluding hydrogens is 316 g/mol. The standard InChI is InChI=1S/C20H24N2O3/c1-2-25-17-11-8-15(9-12-17)10-13-19(23)18(14-21)20(24)22-16-6-4-3-5-7-16/h8-13,16,18H,2-7H2,1H3,(H,22,24)/b13-10+. The van der Waals surface area contributed by atoms with Gasteiger partial charge in [0.25, 0.3) is 0 Å². The highest BCUT2D eigenvalue weighted by Crippen LogP contribution is 2.18. The van der Waals surface area contributed by atoms with E-state index >= 15 is 0 Å². The van der Waals surface area contributed by atoms with Gasteiger partial charge in [-0.3, -0.25) is 9.59 Å². The van der Waals surface area contributed by atoms with E-state index in [0.717, 1.165) is 37.0 Å². The molecule has 1 amide bonds. The topological polar surface area (TPSA) is 79.2 Å². The number of nitrogens with one attached hydrogen (secondary N) is 1. The minimum atomic E-state index is -1.29. The number of carbonyl (C=O) groups is 2. The van der Waals surface area contributed by atoms with Crippen LogP contribution in [0.3, 0.4) is 0 Å². The number of nitrogens with zero attached hydrogens (tertiary/aromatic N) is 1. The van der Waals surface area contributed by atoms with Gasteiger partial charge in [0, 0.05) is 6.04 Å². The molecule has 1 aromatic carbocycles. The Labute approximate surface area is 148 Å². The number of ether oxygens (including phenoxy) is 1. The summed E-state index contributed by atoms with van der Waals surface area (Å²) in [5, 5.41) is 12.0. The van der Waals surface area contributed by atoms with Crippen LogP contribution in [0, 0.1) is 17.2 Å². The van der Waals surface area contributed by atoms with Gasteiger partial charge < -0.3 is 10.1 Å². The number of amides is 1. The Morgan fingerprint density at radius 1 is 1.28 bits per heavy atom. The normalized spacial score (nSPS) is 16.2. The number of rotatable bonds is 7. The van der Waals surface area contributed by atoms with Crippen molar-refractivity contribution in [2.75, 3.05) is 6.61 Å². The maximum absolute atomic E-state index is 12.2. The van der Waals surface area contributed by atoms with Crippen LogP contribution >= 0.6 is 0 Å². The van der Waals surface area contributed by atoms with Crippen molar-refractivity contribution >= 4 is 17.8 Å². The summed E-state index contributed by atoms with van der Waals surface area (Å²) in [6.07, 6.45) is 8.07. The lowest BCUT2D eigenvalue weighted by molar-refractivity contribution is -0.130. The van der Waals surface area contributed by atoms with Crippen LogP contribution in [0.2, 0.25) is 0 Å². The average Bonchev–Trinajstić information content (AvgIpc) is 2.63. The van der Waals surface area contributed by atoms with E-state index in [9.17, 15) is 14.9 Å². The molecule has 1 atom stereocenters. The second kappa shape index (κ2) is 9.63. The van der Waals surface area contributed by atoms with Crippen LogP contribution < -0.4 is 10.1 Å². The largest absolute Gasteiger partial charge is 0.494 e. The summed E-state index contributed by atoms with van der Waals surface area (Å²) in [4.78, 5) is 24.4. The Kier molecular flexibility index (Phi) is 7.21. The molecule has 25 heavy (non-hydrogen) atoms. The summed E-state index contributed by atoms with van der Waals surface area (Å²) in [6, 6.07) is 9.16. The number of allylic oxidation sites excluding steroid dienone is 1. The average molecular weight is 340 g/mol. The van der Waals surface area contributed by atoms with Crippen molar-refractivity contribution in [2.45, 2.75) is 45.1 Å². The number of hydrogen-bond acceptors (Lipinski definition) is 4. The highest BCUT2D eigenvalue weighted by atomic mass is 16.5. The van der Waals surface area contributed by atoms with Crippen LogP contribution in [0.5, 0.6) is 5.75 Å². The number of ketones is 1. The molecule has 2 rings (SSSR count). The van der Waals surface area contributed by atoms with Gasteiger partial charge in [0.1, 0.15) is 5.75 Å². The van der Waals surface area contributed by atoms with Crippen molar-refractivity contribution in [3.05, 3.63) is 35.9 Å². The zero-order valence-corrected chi connectivity index (χ0v) is 14.5. The smallest absolute Gasteiger partial charge is 0.245 e. The molecule has 0 bridgehead atoms. The zero-order chi connectivity index (χ0) is 18.1. The Bertz CT molecular complexity index is 653. The van der Waals surface area contributed by atoms with Crippen LogP contribution in [0.15, 0.2) is 30.3 Å². The van der Waals surface area contributed by atoms with Crippen molar-refractivity contribution < 1.29 is 14.3 Å². The van der Waals surface area contributed by atoms with E-state index in [1.165, 1.54) is 12.5 Å². The van der Waals surface area contributed by atoms with Crippen molar-refractivity contribution in [1.29, 1.82) is 5.26 Å². The van der Waals surface area contributed by atoms with E-state index in [0.29, 0.717) is 6.61 Å². The predicted molar refractivity (Wildman–Crippen MR) is 95.8 cm³/mol. The molecule has 0 saturated heterocycles. The van der Waals surface area contributed by atoms with Crippen LogP contribution in [-0.2, 0) is 9.59 Å². The quantitative estimate of drug-likeness (QED) is 0.610. The first-order valence-electron chi connectivity index (χ1n) is 8.79. The number of carbonyl (C=O) groups excluding carboxylic acids is 2. The van der Waals surface area contributed by atoms with Gasteiger partial charge in [-0.1, -0.05) is 37.5 Å². The summed E-state index contributed by atoms with van der Waals surface area (Å²) in [6.45, 7) is 2.50. The van der Waals surface area contributed by atoms with E-state index in [1.54, 1.807) is 6.08 Å². The van der Waals surface area contributed by atoms with Crippen LogP contribution in [0.4, 0.5) is 0 Å². The summed E-state index contributed by atoms with van der Waals surface area (Å²) >= 11 is 0. The van der Waals surface area contributed by atoms with Crippen molar-refractivity contribution in [3.63, 3.8) is 0 Å². The van der Waals surface area contributed by atoms with Gasteiger partial charge in [-0.25, -0.2) is 0 Å². The van der Waals surface area contributed by atoms with E-state index in [1.807, 2.05) is 37.3 Å². The van der Waals surface area contributed by atoms with Crippen molar-refractivity contribution in [2.24, 2.45) is 5.92 Å². The SMILES string of the molecule is CCOc1ccc(/C=C/C(=O)C(C#N)C(=O)NC2CCCCC2)cc1. The van der Waals surface area contributed by atoms with E-state index in [4.69, 9.17) is 4.74 Å². The Morgan fingerprint density at radius 3 is 2.56 bits per heavy atom. The number of benzene rings is 1. The van der Waals surface area contributed by atoms with Crippen LogP contribution in [0.1, 0.15) is 44.6 Å². The molecule has 1 N–H and O–H groups in total. The molecule has 5 nitrogen and oxygen atoms in total. The fraction of sp³-hybridized carbons (Fsp3) is 0.450. The fourth-order valence-corrected chi connectivity index (χ4v) is 2.90. The summed E-state index contributed by atoms with van der Waals surface area (Å²) in [5.74, 6) is -1.52. The Balaban J connectivity index is 1.94. The minimum Gasteiger partial charge on any atom is -0.494 e. The monoisotopic (exact) mass is 340 g/mol. The molecule has 0 aromatic heterocycles. The van der Waals surface area contributed by atoms with Gasteiger partial charge >= 0.3 is 0 Å². The van der Waals surface area contributed by atoms with E-state index < -0.39 is 17.6 Å². The molecule has 5 heteroatoms. The van der Waals surface area contributed by atoms with Gasteiger partial charge in [0.15, 0.2) is 11.7 Å². The van der Waals surface area contributed by atoms with E-state index in [2.05, 4.69) is 5.32 Å². The molecule has 1 aliphatic carbocycles. The third kappa shape index (κ3) is 5.75. The highest BCUT2D eigenvalue weighted by Gasteiger charge is 2.27. The first kappa shape index (κ1) is 18.7. The van der Waals surface area contributed by atoms with Crippen LogP contribution in [0.25, 0.3) is 6.08 Å². The summed E-state index contributed by atoms with van der Waals surface area (Å²) in [5.41, 5.74) is 0.807. The fourth-order valence-electron chi connectivity index (χ4n) is 2.90. The third-order valence-corrected chi connectivity index (χ3v) is 4.26. The number of hydrogen-bond donors (Lipinski definition) is 1. The van der Waals surface area contributed by atoms with Gasteiger partial charge in [-0.15, -0.1) is 0 Å². The lowest BCUT2D eigenvalue weighted by Gasteiger charge is -2.23. The molecule has 0 aliphatic heterocycles. The predicted octanol–water partition coefficient (Wildman–Crippen LogP) is 3.26. The van der Waals surface area contributed by atoms with E-state index in [-0.39, 0.29) is 6.04 Å². The van der Waals surface area contributed by atoms with Gasteiger partial charge in [0.2, 0.25) is 5.91 Å². The first-order valence-corrected chi connectivity index (χ1v) is 8.79. The van der Waals surface area contributed by atoms with Gasteiger partial charge in [-0.05, 0) is 43.5 Å². The van der Waals surface area contributed by atoms with Crippen LogP contribution in [-0.4, -0.2) is 24.3 Å². The maximum atomic E-state index is 12.2. The molecule has 1 aliphatic rings. The summed E-state index contributed by atoms with van der Waals surface area (Å²) < 4.78 is 5.36. The maximum Gasteiger partial charge on any atom is 0.245 e. The molecule has 1 unspecified atom stereocenters. The van der Waals surface area contributed by atoms with Gasteiger partial charge in [-0.2, -0.15) is 5.26 Å². The first-order chi connectivity index (χ1) is 12.1. The molecule has 0 heterocycles. The third-order valence-electron chi connectivity index (χ3n) is 4.26. The second-order valence-corrected chi connectivity index (χ2v) is 6.14. The Morgan fingerprint density at radius 2 is 1.96 bits per heavy atom. The molecule has 0 radical (unpaired) electrons. The van der Waals surface area contributed by atoms with Crippen molar-refractivity contribution in [1.82, 2.24) is 5.32 Å². The molecule has 1 aromatic rings. The molecule has 1 saturated carbocycles. The molecular formula is C20H24N2O3. The minimum absolute atomic E-state index is 0.0833. The number of nitriles is 1. The molecule has 132 valence electrons. The lowest BCUT2D eigenvalue weighted by atomic mass is 9.94. The highest BCUT2D eigenvalue weighted by molar-refractivity contribution is 6.10. The zero-order valence-electron chi connectivity index (χ0n) is 14.5. The second-order valence-electron chi connectivity index (χ2n) is 6.14. The summed E-state index contributed by atoms with van der Waals surface area (Å²) in [7, 11) is 0.